The number of likely N-dealkylation sites (N-methyl/N-ethyl adjacent to an activating group) is 1. The zero-order valence-corrected chi connectivity index (χ0v) is 11.3. The molecule has 0 aromatic heterocycles. The van der Waals surface area contributed by atoms with Gasteiger partial charge in [-0.2, -0.15) is 0 Å². The van der Waals surface area contributed by atoms with Gasteiger partial charge in [0.2, 0.25) is 0 Å². The molecule has 0 saturated heterocycles. The highest BCUT2D eigenvalue weighted by atomic mass is 15.2. The van der Waals surface area contributed by atoms with Gasteiger partial charge in [-0.25, -0.2) is 0 Å². The molecule has 15 heavy (non-hydrogen) atoms. The summed E-state index contributed by atoms with van der Waals surface area (Å²) < 4.78 is 0. The van der Waals surface area contributed by atoms with Crippen molar-refractivity contribution in [2.45, 2.75) is 59.4 Å². The van der Waals surface area contributed by atoms with Crippen LogP contribution < -0.4 is 5.73 Å². The van der Waals surface area contributed by atoms with Gasteiger partial charge in [-0.3, -0.25) is 4.90 Å². The molecule has 0 aliphatic rings. The van der Waals surface area contributed by atoms with E-state index >= 15 is 0 Å². The summed E-state index contributed by atoms with van der Waals surface area (Å²) in [6.45, 7) is 14.4. The summed E-state index contributed by atoms with van der Waals surface area (Å²) in [7, 11) is 0. The van der Waals surface area contributed by atoms with E-state index in [4.69, 9.17) is 5.73 Å². The minimum Gasteiger partial charge on any atom is -0.329 e. The van der Waals surface area contributed by atoms with Crippen LogP contribution in [0.4, 0.5) is 0 Å². The smallest absolute Gasteiger partial charge is 0.0303 e. The molecule has 0 spiro atoms. The van der Waals surface area contributed by atoms with Crippen molar-refractivity contribution in [1.82, 2.24) is 4.90 Å². The lowest BCUT2D eigenvalue weighted by atomic mass is 9.90. The molecule has 1 unspecified atom stereocenters. The molecular formula is C13H30N2. The Morgan fingerprint density at radius 1 is 1.27 bits per heavy atom. The molecule has 0 rings (SSSR count). The highest BCUT2D eigenvalue weighted by Crippen LogP contribution is 2.22. The van der Waals surface area contributed by atoms with Crippen LogP contribution in [0, 0.1) is 5.92 Å². The van der Waals surface area contributed by atoms with E-state index in [-0.39, 0.29) is 5.54 Å². The van der Waals surface area contributed by atoms with Gasteiger partial charge in [-0.1, -0.05) is 27.7 Å². The van der Waals surface area contributed by atoms with Gasteiger partial charge in [0.25, 0.3) is 0 Å². The van der Waals surface area contributed by atoms with E-state index in [1.165, 1.54) is 25.8 Å². The molecule has 0 amide bonds. The molecule has 2 N–H and O–H groups in total. The lowest BCUT2D eigenvalue weighted by Crippen LogP contribution is -2.52. The summed E-state index contributed by atoms with van der Waals surface area (Å²) in [5.74, 6) is 0.774. The van der Waals surface area contributed by atoms with E-state index in [0.29, 0.717) is 0 Å². The first-order valence-electron chi connectivity index (χ1n) is 6.45. The topological polar surface area (TPSA) is 29.3 Å². The van der Waals surface area contributed by atoms with E-state index < -0.39 is 0 Å². The molecule has 0 fully saturated rings. The monoisotopic (exact) mass is 214 g/mol. The van der Waals surface area contributed by atoms with Gasteiger partial charge in [-0.05, 0) is 45.2 Å². The van der Waals surface area contributed by atoms with Gasteiger partial charge >= 0.3 is 0 Å². The Kier molecular flexibility index (Phi) is 7.20. The molecule has 1 atom stereocenters. The van der Waals surface area contributed by atoms with Gasteiger partial charge in [0.15, 0.2) is 0 Å². The average Bonchev–Trinajstić information content (AvgIpc) is 2.22. The van der Waals surface area contributed by atoms with Gasteiger partial charge in [0.1, 0.15) is 0 Å². The maximum atomic E-state index is 5.96. The molecule has 0 saturated carbocycles. The van der Waals surface area contributed by atoms with E-state index in [0.717, 1.165) is 19.0 Å². The van der Waals surface area contributed by atoms with Crippen LogP contribution in [0.3, 0.4) is 0 Å². The predicted octanol–water partition coefficient (Wildman–Crippen LogP) is 2.87. The number of hydrogen-bond acceptors (Lipinski definition) is 2. The van der Waals surface area contributed by atoms with E-state index in [9.17, 15) is 0 Å². The number of nitrogens with zero attached hydrogens (tertiary/aromatic N) is 1. The fraction of sp³-hybridized carbons (Fsp3) is 1.00. The fourth-order valence-corrected chi connectivity index (χ4v) is 2.07. The summed E-state index contributed by atoms with van der Waals surface area (Å²) in [6, 6.07) is 0. The number of hydrogen-bond donors (Lipinski definition) is 1. The van der Waals surface area contributed by atoms with Crippen LogP contribution in [0.2, 0.25) is 0 Å². The second-order valence-electron chi connectivity index (χ2n) is 5.21. The van der Waals surface area contributed by atoms with Gasteiger partial charge < -0.3 is 5.73 Å². The van der Waals surface area contributed by atoms with Gasteiger partial charge in [0.05, 0.1) is 0 Å². The molecule has 2 heteroatoms. The second kappa shape index (κ2) is 7.24. The predicted molar refractivity (Wildman–Crippen MR) is 69.1 cm³/mol. The molecule has 0 bridgehead atoms. The standard InChI is InChI=1S/C13H30N2/c1-6-10-15(7-2)13(5,11-14)9-8-12(3)4/h12H,6-11,14H2,1-5H3. The molecule has 0 heterocycles. The summed E-state index contributed by atoms with van der Waals surface area (Å²) in [5, 5.41) is 0. The Labute approximate surface area is 96.2 Å². The second-order valence-corrected chi connectivity index (χ2v) is 5.21. The molecule has 0 aromatic rings. The van der Waals surface area contributed by atoms with Crippen LogP contribution in [0.1, 0.15) is 53.9 Å². The van der Waals surface area contributed by atoms with Crippen molar-refractivity contribution in [3.63, 3.8) is 0 Å². The first-order chi connectivity index (χ1) is 7.00. The lowest BCUT2D eigenvalue weighted by molar-refractivity contribution is 0.102. The molecule has 0 aliphatic heterocycles. The Morgan fingerprint density at radius 3 is 2.20 bits per heavy atom. The molecule has 0 radical (unpaired) electrons. The van der Waals surface area contributed by atoms with Crippen LogP contribution in [0.15, 0.2) is 0 Å². The van der Waals surface area contributed by atoms with Crippen molar-refractivity contribution in [2.24, 2.45) is 11.7 Å². The summed E-state index contributed by atoms with van der Waals surface area (Å²) >= 11 is 0. The maximum absolute atomic E-state index is 5.96. The Balaban J connectivity index is 4.35. The van der Waals surface area contributed by atoms with Crippen molar-refractivity contribution in [3.8, 4) is 0 Å². The van der Waals surface area contributed by atoms with E-state index in [1.54, 1.807) is 0 Å². The summed E-state index contributed by atoms with van der Waals surface area (Å²) in [6.07, 6.45) is 3.70. The largest absolute Gasteiger partial charge is 0.329 e. The quantitative estimate of drug-likeness (QED) is 0.673. The Morgan fingerprint density at radius 2 is 1.87 bits per heavy atom. The fourth-order valence-electron chi connectivity index (χ4n) is 2.07. The van der Waals surface area contributed by atoms with Crippen molar-refractivity contribution in [2.75, 3.05) is 19.6 Å². The van der Waals surface area contributed by atoms with Crippen molar-refractivity contribution in [3.05, 3.63) is 0 Å². The zero-order chi connectivity index (χ0) is 11.9. The van der Waals surface area contributed by atoms with Crippen LogP contribution in [-0.4, -0.2) is 30.1 Å². The molecule has 0 aliphatic carbocycles. The molecule has 92 valence electrons. The summed E-state index contributed by atoms with van der Waals surface area (Å²) in [5.41, 5.74) is 6.16. The third kappa shape index (κ3) is 4.98. The Hall–Kier alpha value is -0.0800. The third-order valence-corrected chi connectivity index (χ3v) is 3.34. The van der Waals surface area contributed by atoms with E-state index in [1.807, 2.05) is 0 Å². The number of rotatable bonds is 8. The first kappa shape index (κ1) is 14.9. The van der Waals surface area contributed by atoms with Crippen LogP contribution in [-0.2, 0) is 0 Å². The first-order valence-corrected chi connectivity index (χ1v) is 6.45. The zero-order valence-electron chi connectivity index (χ0n) is 11.3. The van der Waals surface area contributed by atoms with E-state index in [2.05, 4.69) is 39.5 Å². The molecule has 2 nitrogen and oxygen atoms in total. The molecule has 0 aromatic carbocycles. The third-order valence-electron chi connectivity index (χ3n) is 3.34. The SMILES string of the molecule is CCCN(CC)C(C)(CN)CCC(C)C. The normalized spacial score (nSPS) is 16.0. The summed E-state index contributed by atoms with van der Waals surface area (Å²) in [4.78, 5) is 2.54. The van der Waals surface area contributed by atoms with Crippen molar-refractivity contribution < 1.29 is 0 Å². The lowest BCUT2D eigenvalue weighted by Gasteiger charge is -2.40. The number of nitrogens with two attached hydrogens (primary N) is 1. The van der Waals surface area contributed by atoms with Crippen LogP contribution >= 0.6 is 0 Å². The average molecular weight is 214 g/mol. The van der Waals surface area contributed by atoms with Gasteiger partial charge in [-0.15, -0.1) is 0 Å². The van der Waals surface area contributed by atoms with Crippen LogP contribution in [0.25, 0.3) is 0 Å². The maximum Gasteiger partial charge on any atom is 0.0303 e. The van der Waals surface area contributed by atoms with Crippen molar-refractivity contribution in [1.29, 1.82) is 0 Å². The van der Waals surface area contributed by atoms with Gasteiger partial charge in [0, 0.05) is 12.1 Å². The Bertz CT molecular complexity index is 157. The highest BCUT2D eigenvalue weighted by molar-refractivity contribution is 4.86. The molecular weight excluding hydrogens is 184 g/mol. The minimum absolute atomic E-state index is 0.203. The van der Waals surface area contributed by atoms with Crippen molar-refractivity contribution >= 4 is 0 Å². The van der Waals surface area contributed by atoms with Crippen LogP contribution in [0.5, 0.6) is 0 Å². The minimum atomic E-state index is 0.203. The highest BCUT2D eigenvalue weighted by Gasteiger charge is 2.28.